The highest BCUT2D eigenvalue weighted by atomic mass is 32.2. The van der Waals surface area contributed by atoms with Crippen LogP contribution in [0.3, 0.4) is 0 Å². The van der Waals surface area contributed by atoms with Gasteiger partial charge >= 0.3 is 0 Å². The van der Waals surface area contributed by atoms with Gasteiger partial charge in [-0.15, -0.1) is 0 Å². The number of aromatic nitrogens is 3. The molecule has 1 aromatic rings. The molecule has 0 aromatic carbocycles. The van der Waals surface area contributed by atoms with Crippen LogP contribution >= 0.6 is 0 Å². The molecule has 2 aliphatic heterocycles. The van der Waals surface area contributed by atoms with Gasteiger partial charge in [0.2, 0.25) is 0 Å². The van der Waals surface area contributed by atoms with Gasteiger partial charge < -0.3 is 4.74 Å². The third-order valence-electron chi connectivity index (χ3n) is 4.56. The monoisotopic (exact) mass is 357 g/mol. The summed E-state index contributed by atoms with van der Waals surface area (Å²) in [7, 11) is -3.60. The smallest absolute Gasteiger partial charge is 0.280 e. The Hall–Kier alpha value is -1.03. The van der Waals surface area contributed by atoms with E-state index in [2.05, 4.69) is 14.8 Å². The van der Waals surface area contributed by atoms with E-state index in [0.717, 1.165) is 31.0 Å². The Kier molecular flexibility index (Phi) is 4.96. The number of rotatable bonds is 4. The third kappa shape index (κ3) is 3.49. The largest absolute Gasteiger partial charge is 0.375 e. The van der Waals surface area contributed by atoms with Crippen LogP contribution in [0.15, 0.2) is 0 Å². The molecule has 3 atom stereocenters. The summed E-state index contributed by atoms with van der Waals surface area (Å²) in [6, 6.07) is -0.500. The van der Waals surface area contributed by atoms with Crippen LogP contribution < -0.4 is 4.72 Å². The van der Waals surface area contributed by atoms with Gasteiger partial charge in [0.1, 0.15) is 5.82 Å². The van der Waals surface area contributed by atoms with Crippen LogP contribution in [-0.2, 0) is 21.5 Å². The maximum absolute atomic E-state index is 12.9. The molecule has 1 aromatic heterocycles. The van der Waals surface area contributed by atoms with Gasteiger partial charge in [-0.3, -0.25) is 0 Å². The third-order valence-corrected chi connectivity index (χ3v) is 6.27. The molecule has 1 N–H and O–H groups in total. The second-order valence-corrected chi connectivity index (χ2v) is 8.74. The number of morpholine rings is 1. The van der Waals surface area contributed by atoms with Gasteiger partial charge in [-0.05, 0) is 26.7 Å². The van der Waals surface area contributed by atoms with Crippen LogP contribution in [-0.4, -0.2) is 52.8 Å². The Morgan fingerprint density at radius 2 is 2.08 bits per heavy atom. The summed E-state index contributed by atoms with van der Waals surface area (Å²) in [5, 5.41) is 4.51. The van der Waals surface area contributed by atoms with E-state index in [1.54, 1.807) is 0 Å². The van der Waals surface area contributed by atoms with Crippen molar-refractivity contribution < 1.29 is 13.2 Å². The predicted molar refractivity (Wildman–Crippen MR) is 89.7 cm³/mol. The van der Waals surface area contributed by atoms with Gasteiger partial charge in [-0.2, -0.15) is 22.5 Å². The van der Waals surface area contributed by atoms with E-state index < -0.39 is 10.2 Å². The average molecular weight is 357 g/mol. The summed E-state index contributed by atoms with van der Waals surface area (Å²) in [5.74, 6) is 1.72. The lowest BCUT2D eigenvalue weighted by Gasteiger charge is -2.36. The van der Waals surface area contributed by atoms with Gasteiger partial charge in [0, 0.05) is 25.0 Å². The molecular weight excluding hydrogens is 330 g/mol. The second kappa shape index (κ2) is 6.70. The van der Waals surface area contributed by atoms with Crippen LogP contribution in [0.25, 0.3) is 0 Å². The number of hydrogen-bond acceptors (Lipinski definition) is 5. The number of nitrogens with one attached hydrogen (secondary N) is 1. The van der Waals surface area contributed by atoms with Crippen molar-refractivity contribution in [2.45, 2.75) is 71.2 Å². The van der Waals surface area contributed by atoms with E-state index in [4.69, 9.17) is 4.74 Å². The van der Waals surface area contributed by atoms with E-state index in [0.29, 0.717) is 13.2 Å². The van der Waals surface area contributed by atoms with Crippen LogP contribution in [0, 0.1) is 0 Å². The molecule has 9 heteroatoms. The Labute approximate surface area is 143 Å². The summed E-state index contributed by atoms with van der Waals surface area (Å²) < 4.78 is 37.4. The zero-order chi connectivity index (χ0) is 17.5. The Balaban J connectivity index is 1.81. The number of nitrogens with zero attached hydrogens (tertiary/aromatic N) is 4. The van der Waals surface area contributed by atoms with Crippen molar-refractivity contribution in [3.8, 4) is 0 Å². The predicted octanol–water partition coefficient (Wildman–Crippen LogP) is 1.18. The average Bonchev–Trinajstić information content (AvgIpc) is 2.95. The van der Waals surface area contributed by atoms with Crippen molar-refractivity contribution in [3.63, 3.8) is 0 Å². The fourth-order valence-corrected chi connectivity index (χ4v) is 4.84. The van der Waals surface area contributed by atoms with Gasteiger partial charge in [0.15, 0.2) is 5.82 Å². The Morgan fingerprint density at radius 1 is 1.33 bits per heavy atom. The summed E-state index contributed by atoms with van der Waals surface area (Å²) in [6.07, 6.45) is 1.53. The second-order valence-electron chi connectivity index (χ2n) is 7.09. The first-order chi connectivity index (χ1) is 11.3. The standard InChI is InChI=1S/C15H27N5O3S/c1-10(2)14-16-15-13(6-5-7-19(15)17-14)18-24(21,22)20-8-12(4)23-9-11(20)3/h10-13,18H,5-9H2,1-4H3/t11-,12-,13-/m1/s1. The number of aryl methyl sites for hydroxylation is 1. The fraction of sp³-hybridized carbons (Fsp3) is 0.867. The fourth-order valence-electron chi connectivity index (χ4n) is 3.18. The van der Waals surface area contributed by atoms with Crippen LogP contribution in [0.1, 0.15) is 64.1 Å². The summed E-state index contributed by atoms with van der Waals surface area (Å²) >= 11 is 0. The summed E-state index contributed by atoms with van der Waals surface area (Å²) in [5.41, 5.74) is 0. The van der Waals surface area contributed by atoms with E-state index in [-0.39, 0.29) is 24.1 Å². The zero-order valence-electron chi connectivity index (χ0n) is 14.8. The molecule has 2 aliphatic rings. The maximum Gasteiger partial charge on any atom is 0.280 e. The van der Waals surface area contributed by atoms with Crippen molar-refractivity contribution in [3.05, 3.63) is 11.6 Å². The minimum atomic E-state index is -3.60. The van der Waals surface area contributed by atoms with Crippen LogP contribution in [0.2, 0.25) is 0 Å². The Bertz CT molecular complexity index is 687. The number of hydrogen-bond donors (Lipinski definition) is 1. The molecule has 0 spiro atoms. The van der Waals surface area contributed by atoms with E-state index in [1.165, 1.54) is 4.31 Å². The lowest BCUT2D eigenvalue weighted by molar-refractivity contribution is -0.0176. The number of ether oxygens (including phenoxy) is 1. The first-order valence-electron chi connectivity index (χ1n) is 8.63. The van der Waals surface area contributed by atoms with Gasteiger partial charge in [0.25, 0.3) is 10.2 Å². The van der Waals surface area contributed by atoms with Crippen molar-refractivity contribution >= 4 is 10.2 Å². The molecule has 0 saturated carbocycles. The summed E-state index contributed by atoms with van der Waals surface area (Å²) in [4.78, 5) is 4.58. The highest BCUT2D eigenvalue weighted by Crippen LogP contribution is 2.27. The molecule has 1 saturated heterocycles. The van der Waals surface area contributed by atoms with Crippen molar-refractivity contribution in [2.24, 2.45) is 0 Å². The van der Waals surface area contributed by atoms with Crippen molar-refractivity contribution in [1.82, 2.24) is 23.8 Å². The molecule has 0 amide bonds. The first kappa shape index (κ1) is 17.8. The highest BCUT2D eigenvalue weighted by molar-refractivity contribution is 7.87. The van der Waals surface area contributed by atoms with E-state index >= 15 is 0 Å². The van der Waals surface area contributed by atoms with Gasteiger partial charge in [-0.1, -0.05) is 13.8 Å². The lowest BCUT2D eigenvalue weighted by atomic mass is 10.1. The maximum atomic E-state index is 12.9. The van der Waals surface area contributed by atoms with E-state index in [9.17, 15) is 8.42 Å². The molecule has 3 rings (SSSR count). The molecular formula is C15H27N5O3S. The van der Waals surface area contributed by atoms with Gasteiger partial charge in [0.05, 0.1) is 18.8 Å². The zero-order valence-corrected chi connectivity index (χ0v) is 15.6. The van der Waals surface area contributed by atoms with Gasteiger partial charge in [-0.25, -0.2) is 9.67 Å². The topological polar surface area (TPSA) is 89.3 Å². The normalized spacial score (nSPS) is 29.0. The van der Waals surface area contributed by atoms with Crippen molar-refractivity contribution in [1.29, 1.82) is 0 Å². The molecule has 136 valence electrons. The molecule has 0 bridgehead atoms. The molecule has 0 aliphatic carbocycles. The minimum absolute atomic E-state index is 0.0969. The lowest BCUT2D eigenvalue weighted by Crippen LogP contribution is -2.54. The minimum Gasteiger partial charge on any atom is -0.375 e. The SMILES string of the molecule is CC(C)c1nc2n(n1)CCC[C@H]2NS(=O)(=O)N1C[C@@H](C)OC[C@H]1C. The molecule has 24 heavy (non-hydrogen) atoms. The van der Waals surface area contributed by atoms with Crippen LogP contribution in [0.4, 0.5) is 0 Å². The molecule has 0 unspecified atom stereocenters. The Morgan fingerprint density at radius 3 is 2.79 bits per heavy atom. The van der Waals surface area contributed by atoms with Crippen LogP contribution in [0.5, 0.6) is 0 Å². The van der Waals surface area contributed by atoms with Crippen molar-refractivity contribution in [2.75, 3.05) is 13.2 Å². The summed E-state index contributed by atoms with van der Waals surface area (Å²) in [6.45, 7) is 9.41. The molecule has 3 heterocycles. The number of fused-ring (bicyclic) bond motifs is 1. The highest BCUT2D eigenvalue weighted by Gasteiger charge is 2.36. The molecule has 0 radical (unpaired) electrons. The molecule has 8 nitrogen and oxygen atoms in total. The quantitative estimate of drug-likeness (QED) is 0.874. The van der Waals surface area contributed by atoms with E-state index in [1.807, 2.05) is 32.4 Å². The first-order valence-corrected chi connectivity index (χ1v) is 10.1. The molecule has 1 fully saturated rings.